The van der Waals surface area contributed by atoms with Crippen LogP contribution in [0.2, 0.25) is 0 Å². The van der Waals surface area contributed by atoms with Crippen LogP contribution < -0.4 is 14.8 Å². The van der Waals surface area contributed by atoms with Crippen molar-refractivity contribution in [2.75, 3.05) is 34.5 Å². The highest BCUT2D eigenvalue weighted by Crippen LogP contribution is 2.47. The van der Waals surface area contributed by atoms with E-state index in [-0.39, 0.29) is 18.3 Å². The third kappa shape index (κ3) is 4.88. The highest BCUT2D eigenvalue weighted by atomic mass is 16.6. The zero-order valence-corrected chi connectivity index (χ0v) is 21.5. The van der Waals surface area contributed by atoms with E-state index in [2.05, 4.69) is 5.32 Å². The van der Waals surface area contributed by atoms with E-state index in [0.29, 0.717) is 47.8 Å². The van der Waals surface area contributed by atoms with E-state index >= 15 is 0 Å². The molecule has 1 N–H and O–H groups in total. The molecular weight excluding hydrogens is 458 g/mol. The number of nitrogens with one attached hydrogen (secondary N) is 1. The summed E-state index contributed by atoms with van der Waals surface area (Å²) in [6.07, 6.45) is 0.978. The molecule has 0 aromatic heterocycles. The number of allylic oxidation sites excluding steroid dienone is 3. The van der Waals surface area contributed by atoms with Gasteiger partial charge in [-0.25, -0.2) is 4.79 Å². The number of benzene rings is 2. The van der Waals surface area contributed by atoms with Crippen LogP contribution >= 0.6 is 0 Å². The SMILES string of the molecule is COCCOC(=O)C1=C(C)NC2=C(C(=O)C[C@H](c3ccc(OC)c(OC)c3)C2)[C@@H]1c1ccccc1C. The summed E-state index contributed by atoms with van der Waals surface area (Å²) in [6, 6.07) is 13.7. The number of dihydropyridines is 1. The molecule has 0 saturated carbocycles. The van der Waals surface area contributed by atoms with Gasteiger partial charge in [0.25, 0.3) is 0 Å². The standard InChI is InChI=1S/C29H33NO6/c1-17-8-6-7-9-21(17)27-26(29(32)36-13-12-33-3)18(2)30-22-14-20(15-23(31)28(22)27)19-10-11-24(34-4)25(16-19)35-5/h6-11,16,20,27,30H,12-15H2,1-5H3/t20-,27-/m1/s1. The lowest BCUT2D eigenvalue weighted by atomic mass is 9.71. The van der Waals surface area contributed by atoms with Crippen molar-refractivity contribution in [3.8, 4) is 11.5 Å². The summed E-state index contributed by atoms with van der Waals surface area (Å²) < 4.78 is 21.4. The maximum atomic E-state index is 13.8. The fraction of sp³-hybridized carbons (Fsp3) is 0.379. The molecule has 0 amide bonds. The van der Waals surface area contributed by atoms with Crippen LogP contribution in [-0.2, 0) is 19.1 Å². The molecular formula is C29H33NO6. The quantitative estimate of drug-likeness (QED) is 0.428. The number of Topliss-reactive ketones (excluding diaryl/α,β-unsaturated/α-hetero) is 1. The van der Waals surface area contributed by atoms with Gasteiger partial charge in [0.15, 0.2) is 17.3 Å². The minimum Gasteiger partial charge on any atom is -0.493 e. The average Bonchev–Trinajstić information content (AvgIpc) is 2.87. The Bertz CT molecular complexity index is 1230. The lowest BCUT2D eigenvalue weighted by Gasteiger charge is -2.37. The molecule has 2 atom stereocenters. The molecule has 0 saturated heterocycles. The predicted octanol–water partition coefficient (Wildman–Crippen LogP) is 4.56. The Morgan fingerprint density at radius 2 is 1.72 bits per heavy atom. The van der Waals surface area contributed by atoms with Gasteiger partial charge in [0.2, 0.25) is 0 Å². The van der Waals surface area contributed by atoms with Crippen LogP contribution in [0.1, 0.15) is 48.3 Å². The highest BCUT2D eigenvalue weighted by molar-refractivity contribution is 6.04. The van der Waals surface area contributed by atoms with Gasteiger partial charge < -0.3 is 24.3 Å². The Kier molecular flexibility index (Phi) is 7.79. The zero-order valence-electron chi connectivity index (χ0n) is 21.5. The first kappa shape index (κ1) is 25.5. The molecule has 7 nitrogen and oxygen atoms in total. The molecule has 2 aromatic rings. The normalized spacial score (nSPS) is 19.5. The van der Waals surface area contributed by atoms with Gasteiger partial charge >= 0.3 is 5.97 Å². The number of ketones is 1. The van der Waals surface area contributed by atoms with Gasteiger partial charge in [-0.15, -0.1) is 0 Å². The summed E-state index contributed by atoms with van der Waals surface area (Å²) in [5, 5.41) is 3.39. The van der Waals surface area contributed by atoms with Gasteiger partial charge in [-0.2, -0.15) is 0 Å². The second kappa shape index (κ2) is 11.0. The van der Waals surface area contributed by atoms with Crippen molar-refractivity contribution in [2.24, 2.45) is 0 Å². The zero-order chi connectivity index (χ0) is 25.8. The Balaban J connectivity index is 1.75. The van der Waals surface area contributed by atoms with Crippen LogP contribution in [0.3, 0.4) is 0 Å². The topological polar surface area (TPSA) is 83.1 Å². The molecule has 0 fully saturated rings. The Hall–Kier alpha value is -3.58. The molecule has 0 spiro atoms. The van der Waals surface area contributed by atoms with Crippen LogP contribution in [0.4, 0.5) is 0 Å². The number of hydrogen-bond acceptors (Lipinski definition) is 7. The van der Waals surface area contributed by atoms with Crippen LogP contribution in [0.15, 0.2) is 65.0 Å². The van der Waals surface area contributed by atoms with Crippen LogP contribution in [0.25, 0.3) is 0 Å². The Morgan fingerprint density at radius 3 is 2.42 bits per heavy atom. The first-order chi connectivity index (χ1) is 17.4. The molecule has 36 heavy (non-hydrogen) atoms. The van der Waals surface area contributed by atoms with Crippen LogP contribution in [-0.4, -0.2) is 46.3 Å². The number of rotatable bonds is 8. The predicted molar refractivity (Wildman–Crippen MR) is 136 cm³/mol. The van der Waals surface area contributed by atoms with E-state index in [1.165, 1.54) is 0 Å². The number of carbonyl (C=O) groups is 2. The average molecular weight is 492 g/mol. The van der Waals surface area contributed by atoms with Crippen molar-refractivity contribution in [2.45, 2.75) is 38.5 Å². The van der Waals surface area contributed by atoms with Crippen LogP contribution in [0, 0.1) is 6.92 Å². The maximum absolute atomic E-state index is 13.8. The summed E-state index contributed by atoms with van der Waals surface area (Å²) in [5.74, 6) is 0.349. The molecule has 0 unspecified atom stereocenters. The number of ether oxygens (including phenoxy) is 4. The highest BCUT2D eigenvalue weighted by Gasteiger charge is 2.42. The van der Waals surface area contributed by atoms with Gasteiger partial charge in [-0.05, 0) is 55.0 Å². The fourth-order valence-electron chi connectivity index (χ4n) is 5.17. The smallest absolute Gasteiger partial charge is 0.336 e. The van der Waals surface area contributed by atoms with E-state index in [4.69, 9.17) is 18.9 Å². The molecule has 0 bridgehead atoms. The minimum atomic E-state index is -0.489. The van der Waals surface area contributed by atoms with E-state index in [9.17, 15) is 9.59 Å². The molecule has 2 aliphatic rings. The van der Waals surface area contributed by atoms with Crippen molar-refractivity contribution in [1.82, 2.24) is 5.32 Å². The van der Waals surface area contributed by atoms with Gasteiger partial charge in [0.05, 0.1) is 26.4 Å². The van der Waals surface area contributed by atoms with Gasteiger partial charge in [0, 0.05) is 36.4 Å². The maximum Gasteiger partial charge on any atom is 0.336 e. The molecule has 1 heterocycles. The van der Waals surface area contributed by atoms with Crippen molar-refractivity contribution >= 4 is 11.8 Å². The lowest BCUT2D eigenvalue weighted by molar-refractivity contribution is -0.140. The van der Waals surface area contributed by atoms with E-state index in [0.717, 1.165) is 22.4 Å². The fourth-order valence-corrected chi connectivity index (χ4v) is 5.17. The minimum absolute atomic E-state index is 0.0199. The summed E-state index contributed by atoms with van der Waals surface area (Å²) in [4.78, 5) is 27.0. The van der Waals surface area contributed by atoms with E-state index in [1.54, 1.807) is 21.3 Å². The largest absolute Gasteiger partial charge is 0.493 e. The van der Waals surface area contributed by atoms with E-state index in [1.807, 2.05) is 56.3 Å². The second-order valence-corrected chi connectivity index (χ2v) is 9.12. The molecule has 7 heteroatoms. The lowest BCUT2D eigenvalue weighted by Crippen LogP contribution is -2.36. The van der Waals surface area contributed by atoms with Crippen molar-refractivity contribution in [3.63, 3.8) is 0 Å². The number of methoxy groups -OCH3 is 3. The summed E-state index contributed by atoms with van der Waals surface area (Å²) in [7, 11) is 4.76. The first-order valence-electron chi connectivity index (χ1n) is 12.1. The number of carbonyl (C=O) groups excluding carboxylic acids is 2. The summed E-state index contributed by atoms with van der Waals surface area (Å²) >= 11 is 0. The number of esters is 1. The Labute approximate surface area is 212 Å². The molecule has 4 rings (SSSR count). The first-order valence-corrected chi connectivity index (χ1v) is 12.1. The van der Waals surface area contributed by atoms with Crippen LogP contribution in [0.5, 0.6) is 11.5 Å². The van der Waals surface area contributed by atoms with Crippen molar-refractivity contribution in [1.29, 1.82) is 0 Å². The third-order valence-electron chi connectivity index (χ3n) is 6.95. The third-order valence-corrected chi connectivity index (χ3v) is 6.95. The number of aryl methyl sites for hydroxylation is 1. The number of hydrogen-bond donors (Lipinski definition) is 1. The molecule has 2 aromatic carbocycles. The summed E-state index contributed by atoms with van der Waals surface area (Å²) in [5.41, 5.74) is 5.62. The second-order valence-electron chi connectivity index (χ2n) is 9.12. The molecule has 0 radical (unpaired) electrons. The van der Waals surface area contributed by atoms with Crippen molar-refractivity contribution < 1.29 is 28.5 Å². The molecule has 1 aliphatic heterocycles. The van der Waals surface area contributed by atoms with Crippen molar-refractivity contribution in [3.05, 3.63) is 81.7 Å². The van der Waals surface area contributed by atoms with Gasteiger partial charge in [-0.3, -0.25) is 4.79 Å². The summed E-state index contributed by atoms with van der Waals surface area (Å²) in [6.45, 7) is 4.32. The van der Waals surface area contributed by atoms with E-state index < -0.39 is 11.9 Å². The molecule has 1 aliphatic carbocycles. The monoisotopic (exact) mass is 491 g/mol. The van der Waals surface area contributed by atoms with Gasteiger partial charge in [0.1, 0.15) is 6.61 Å². The van der Waals surface area contributed by atoms with Gasteiger partial charge in [-0.1, -0.05) is 30.3 Å². The molecule has 190 valence electrons. The Morgan fingerprint density at radius 1 is 0.972 bits per heavy atom.